The first-order chi connectivity index (χ1) is 39.2. The van der Waals surface area contributed by atoms with E-state index in [9.17, 15) is 0 Å². The standard InChI is InChI=1S/C76H47N3/c1-4-20-49(21-5-1)73-75(50-22-6-2-7-23-50)79(76(78-73)51-24-8-3-9-25-51)54-40-36-48(37-41-54)67-46-71-68(52-38-42-64-59-30-12-10-26-55(59)57-28-14-16-32-61(57)69(64)44-52)47-72(77-74(71)66-35-19-18-34-63(66)67)53-39-43-65-60-31-13-11-27-56(60)58-29-15-17-33-62(58)70(65)45-53/h1-47H. The smallest absolute Gasteiger partial charge is 0.145 e. The zero-order chi connectivity index (χ0) is 52.0. The maximum Gasteiger partial charge on any atom is 0.145 e. The number of fused-ring (bicyclic) bond motifs is 15. The summed E-state index contributed by atoms with van der Waals surface area (Å²) in [5.41, 5.74) is 13.8. The van der Waals surface area contributed by atoms with Crippen molar-refractivity contribution in [2.24, 2.45) is 0 Å². The number of rotatable bonds is 7. The zero-order valence-electron chi connectivity index (χ0n) is 43.0. The van der Waals surface area contributed by atoms with Crippen LogP contribution >= 0.6 is 0 Å². The van der Waals surface area contributed by atoms with Crippen molar-refractivity contribution in [3.8, 4) is 73.1 Å². The Morgan fingerprint density at radius 3 is 1.15 bits per heavy atom. The number of hydrogen-bond acceptors (Lipinski definition) is 2. The lowest BCUT2D eigenvalue weighted by atomic mass is 9.88. The van der Waals surface area contributed by atoms with Gasteiger partial charge in [-0.1, -0.05) is 249 Å². The maximum absolute atomic E-state index is 5.74. The number of imidazole rings is 1. The van der Waals surface area contributed by atoms with E-state index in [1.165, 1.54) is 64.6 Å². The van der Waals surface area contributed by atoms with Gasteiger partial charge in [0.15, 0.2) is 0 Å². The van der Waals surface area contributed by atoms with Crippen LogP contribution in [0, 0.1) is 0 Å². The van der Waals surface area contributed by atoms with Crippen molar-refractivity contribution < 1.29 is 0 Å². The molecular formula is C76H47N3. The van der Waals surface area contributed by atoms with Crippen molar-refractivity contribution in [2.45, 2.75) is 0 Å². The summed E-state index contributed by atoms with van der Waals surface area (Å²) < 4.78 is 2.34. The molecule has 0 amide bonds. The Morgan fingerprint density at radius 2 is 0.620 bits per heavy atom. The van der Waals surface area contributed by atoms with Gasteiger partial charge < -0.3 is 0 Å². The van der Waals surface area contributed by atoms with Gasteiger partial charge in [-0.2, -0.15) is 0 Å². The highest BCUT2D eigenvalue weighted by Gasteiger charge is 2.24. The molecule has 0 aliphatic heterocycles. The molecule has 0 radical (unpaired) electrons. The summed E-state index contributed by atoms with van der Waals surface area (Å²) in [7, 11) is 0. The summed E-state index contributed by atoms with van der Waals surface area (Å²) in [6, 6.07) is 104. The van der Waals surface area contributed by atoms with Gasteiger partial charge in [0, 0.05) is 38.7 Å². The molecule has 0 aliphatic carbocycles. The highest BCUT2D eigenvalue weighted by atomic mass is 15.1. The normalized spacial score (nSPS) is 11.8. The first-order valence-corrected chi connectivity index (χ1v) is 27.1. The van der Waals surface area contributed by atoms with Crippen molar-refractivity contribution in [1.82, 2.24) is 14.5 Å². The van der Waals surface area contributed by atoms with Crippen LogP contribution in [0.3, 0.4) is 0 Å². The van der Waals surface area contributed by atoms with Crippen LogP contribution in [0.25, 0.3) is 159 Å². The Bertz CT molecular complexity index is 5030. The fourth-order valence-electron chi connectivity index (χ4n) is 12.7. The van der Waals surface area contributed by atoms with Crippen LogP contribution < -0.4 is 0 Å². The molecule has 0 unspecified atom stereocenters. The first-order valence-electron chi connectivity index (χ1n) is 27.1. The Kier molecular flexibility index (Phi) is 10.3. The van der Waals surface area contributed by atoms with Gasteiger partial charge in [-0.15, -0.1) is 0 Å². The van der Waals surface area contributed by atoms with E-state index in [4.69, 9.17) is 9.97 Å². The Balaban J connectivity index is 0.936. The van der Waals surface area contributed by atoms with E-state index < -0.39 is 0 Å². The minimum atomic E-state index is 0.887. The summed E-state index contributed by atoms with van der Waals surface area (Å²) in [6.45, 7) is 0. The van der Waals surface area contributed by atoms with E-state index in [2.05, 4.69) is 290 Å². The molecule has 0 atom stereocenters. The van der Waals surface area contributed by atoms with Crippen molar-refractivity contribution in [3.05, 3.63) is 285 Å². The van der Waals surface area contributed by atoms with E-state index in [-0.39, 0.29) is 0 Å². The highest BCUT2D eigenvalue weighted by Crippen LogP contribution is 2.45. The predicted octanol–water partition coefficient (Wildman–Crippen LogP) is 20.5. The lowest BCUT2D eigenvalue weighted by Crippen LogP contribution is -2.00. The van der Waals surface area contributed by atoms with Gasteiger partial charge in [-0.3, -0.25) is 4.57 Å². The molecule has 0 N–H and O–H groups in total. The molecule has 0 aliphatic rings. The van der Waals surface area contributed by atoms with Gasteiger partial charge in [0.1, 0.15) is 5.82 Å². The molecule has 0 spiro atoms. The molecule has 79 heavy (non-hydrogen) atoms. The largest absolute Gasteiger partial charge is 0.292 e. The molecule has 14 aromatic carbocycles. The second-order valence-electron chi connectivity index (χ2n) is 20.7. The lowest BCUT2D eigenvalue weighted by molar-refractivity contribution is 1.07. The Morgan fingerprint density at radius 1 is 0.228 bits per heavy atom. The van der Waals surface area contributed by atoms with Crippen LogP contribution in [-0.4, -0.2) is 14.5 Å². The molecule has 2 heterocycles. The van der Waals surface area contributed by atoms with Crippen molar-refractivity contribution in [2.75, 3.05) is 0 Å². The molecule has 0 saturated heterocycles. The van der Waals surface area contributed by atoms with Crippen LogP contribution in [0.4, 0.5) is 0 Å². The minimum absolute atomic E-state index is 0.887. The minimum Gasteiger partial charge on any atom is -0.292 e. The number of hydrogen-bond donors (Lipinski definition) is 0. The molecule has 0 saturated carbocycles. The number of pyridine rings is 1. The Labute approximate surface area is 456 Å². The van der Waals surface area contributed by atoms with E-state index in [1.807, 2.05) is 0 Å². The maximum atomic E-state index is 5.74. The summed E-state index contributed by atoms with van der Waals surface area (Å²) in [6.07, 6.45) is 0. The highest BCUT2D eigenvalue weighted by molar-refractivity contribution is 6.27. The summed E-state index contributed by atoms with van der Waals surface area (Å²) in [4.78, 5) is 11.2. The van der Waals surface area contributed by atoms with Crippen molar-refractivity contribution >= 4 is 86.3 Å². The fraction of sp³-hybridized carbons (Fsp3) is 0. The molecular weight excluding hydrogens is 955 g/mol. The van der Waals surface area contributed by atoms with Crippen LogP contribution in [0.15, 0.2) is 285 Å². The monoisotopic (exact) mass is 1000 g/mol. The quantitative estimate of drug-likeness (QED) is 0.149. The van der Waals surface area contributed by atoms with E-state index in [0.717, 1.165) is 94.8 Å². The topological polar surface area (TPSA) is 30.7 Å². The molecule has 3 heteroatoms. The van der Waals surface area contributed by atoms with E-state index >= 15 is 0 Å². The van der Waals surface area contributed by atoms with Gasteiger partial charge in [0.2, 0.25) is 0 Å². The second-order valence-corrected chi connectivity index (χ2v) is 20.7. The predicted molar refractivity (Wildman–Crippen MR) is 334 cm³/mol. The third-order valence-electron chi connectivity index (χ3n) is 16.4. The summed E-state index contributed by atoms with van der Waals surface area (Å²) in [5.74, 6) is 0.887. The molecule has 366 valence electrons. The van der Waals surface area contributed by atoms with Gasteiger partial charge in [0.05, 0.1) is 22.6 Å². The number of benzene rings is 14. The number of nitrogens with zero attached hydrogens (tertiary/aromatic N) is 3. The molecule has 0 fully saturated rings. The second kappa shape index (κ2) is 18.1. The van der Waals surface area contributed by atoms with Crippen LogP contribution in [0.2, 0.25) is 0 Å². The zero-order valence-corrected chi connectivity index (χ0v) is 43.0. The first kappa shape index (κ1) is 44.8. The molecule has 3 nitrogen and oxygen atoms in total. The molecule has 2 aromatic heterocycles. The molecule has 0 bridgehead atoms. The van der Waals surface area contributed by atoms with Gasteiger partial charge in [0.25, 0.3) is 0 Å². The average molecular weight is 1000 g/mol. The summed E-state index contributed by atoms with van der Waals surface area (Å²) in [5, 5.41) is 18.4. The third kappa shape index (κ3) is 7.21. The number of aromatic nitrogens is 3. The van der Waals surface area contributed by atoms with Gasteiger partial charge in [-0.25, -0.2) is 9.97 Å². The lowest BCUT2D eigenvalue weighted by Gasteiger charge is -2.18. The average Bonchev–Trinajstić information content (AvgIpc) is 3.98. The van der Waals surface area contributed by atoms with Crippen LogP contribution in [0.5, 0.6) is 0 Å². The SMILES string of the molecule is c1ccc(-c2nc(-c3ccccc3)n(-c3ccc(-c4cc5c(-c6ccc7c8ccccc8c8ccccc8c7c6)cc(-c6ccc7c8ccccc8c8ccccc8c7c6)nc5c5ccccc45)cc3)c2-c2ccccc2)cc1. The molecule has 16 rings (SSSR count). The van der Waals surface area contributed by atoms with Crippen LogP contribution in [-0.2, 0) is 0 Å². The van der Waals surface area contributed by atoms with E-state index in [0.29, 0.717) is 0 Å². The van der Waals surface area contributed by atoms with Crippen molar-refractivity contribution in [1.29, 1.82) is 0 Å². The fourth-order valence-corrected chi connectivity index (χ4v) is 12.7. The van der Waals surface area contributed by atoms with Crippen LogP contribution in [0.1, 0.15) is 0 Å². The Hall–Kier alpha value is -10.5. The third-order valence-corrected chi connectivity index (χ3v) is 16.4. The van der Waals surface area contributed by atoms with Gasteiger partial charge >= 0.3 is 0 Å². The van der Waals surface area contributed by atoms with Gasteiger partial charge in [-0.05, 0) is 129 Å². The summed E-state index contributed by atoms with van der Waals surface area (Å²) >= 11 is 0. The van der Waals surface area contributed by atoms with E-state index in [1.54, 1.807) is 0 Å². The van der Waals surface area contributed by atoms with Crippen molar-refractivity contribution in [3.63, 3.8) is 0 Å². The molecule has 16 aromatic rings.